The molecule has 11 heavy (non-hydrogen) atoms. The van der Waals surface area contributed by atoms with Crippen LogP contribution in [0.3, 0.4) is 0 Å². The lowest BCUT2D eigenvalue weighted by atomic mass is 10.4. The van der Waals surface area contributed by atoms with Crippen LogP contribution in [0.25, 0.3) is 0 Å². The Labute approximate surface area is 62.7 Å². The summed E-state index contributed by atoms with van der Waals surface area (Å²) in [6.45, 7) is 0. The standard InChI is InChI=1S/C6H4N4O/c7-3-5-6(10-4-11)9-2-1-8-5/h1-2,4H,(H,9,10,11). The summed E-state index contributed by atoms with van der Waals surface area (Å²) in [6, 6.07) is 1.79. The smallest absolute Gasteiger partial charge is 0.212 e. The second-order valence-electron chi connectivity index (χ2n) is 1.63. The second-order valence-corrected chi connectivity index (χ2v) is 1.63. The lowest BCUT2D eigenvalue weighted by Crippen LogP contribution is -2.00. The highest BCUT2D eigenvalue weighted by molar-refractivity contribution is 5.71. The number of nitriles is 1. The number of amides is 1. The highest BCUT2D eigenvalue weighted by Gasteiger charge is 2.00. The van der Waals surface area contributed by atoms with Gasteiger partial charge in [-0.2, -0.15) is 5.26 Å². The Kier molecular flexibility index (Phi) is 2.13. The van der Waals surface area contributed by atoms with Gasteiger partial charge in [-0.1, -0.05) is 0 Å². The molecule has 0 spiro atoms. The van der Waals surface area contributed by atoms with Crippen LogP contribution >= 0.6 is 0 Å². The lowest BCUT2D eigenvalue weighted by Gasteiger charge is -1.95. The van der Waals surface area contributed by atoms with Crippen molar-refractivity contribution in [2.45, 2.75) is 0 Å². The summed E-state index contributed by atoms with van der Waals surface area (Å²) in [5.74, 6) is 0.185. The fraction of sp³-hybridized carbons (Fsp3) is 0. The van der Waals surface area contributed by atoms with E-state index in [0.717, 1.165) is 0 Å². The molecule has 5 nitrogen and oxygen atoms in total. The molecule has 0 aliphatic heterocycles. The molecule has 1 amide bonds. The van der Waals surface area contributed by atoms with Crippen LogP contribution in [0, 0.1) is 11.3 Å². The minimum atomic E-state index is 0.111. The first-order valence-corrected chi connectivity index (χ1v) is 2.79. The van der Waals surface area contributed by atoms with Gasteiger partial charge >= 0.3 is 0 Å². The van der Waals surface area contributed by atoms with Gasteiger partial charge in [-0.05, 0) is 0 Å². The van der Waals surface area contributed by atoms with Crippen LogP contribution in [-0.4, -0.2) is 16.4 Å². The van der Waals surface area contributed by atoms with E-state index in [1.165, 1.54) is 12.4 Å². The molecule has 0 saturated heterocycles. The molecule has 0 unspecified atom stereocenters. The van der Waals surface area contributed by atoms with E-state index in [0.29, 0.717) is 6.41 Å². The number of hydrogen-bond donors (Lipinski definition) is 1. The Balaban J connectivity index is 3.04. The molecular weight excluding hydrogens is 144 g/mol. The van der Waals surface area contributed by atoms with E-state index >= 15 is 0 Å². The number of nitrogens with zero attached hydrogens (tertiary/aromatic N) is 3. The molecule has 0 atom stereocenters. The van der Waals surface area contributed by atoms with E-state index in [1.807, 2.05) is 0 Å². The summed E-state index contributed by atoms with van der Waals surface area (Å²) in [6.07, 6.45) is 3.23. The van der Waals surface area contributed by atoms with Crippen LogP contribution < -0.4 is 5.32 Å². The molecule has 5 heteroatoms. The number of carbonyl (C=O) groups is 1. The molecule has 54 valence electrons. The van der Waals surface area contributed by atoms with Gasteiger partial charge < -0.3 is 5.32 Å². The molecule has 0 aromatic carbocycles. The molecule has 0 bridgehead atoms. The normalized spacial score (nSPS) is 8.27. The zero-order valence-corrected chi connectivity index (χ0v) is 5.48. The van der Waals surface area contributed by atoms with Crippen LogP contribution in [0.2, 0.25) is 0 Å². The second kappa shape index (κ2) is 3.27. The van der Waals surface area contributed by atoms with E-state index in [2.05, 4.69) is 15.3 Å². The zero-order chi connectivity index (χ0) is 8.10. The molecule has 1 N–H and O–H groups in total. The van der Waals surface area contributed by atoms with Gasteiger partial charge in [-0.15, -0.1) is 0 Å². The Bertz CT molecular complexity index is 304. The van der Waals surface area contributed by atoms with Gasteiger partial charge in [0.25, 0.3) is 0 Å². The summed E-state index contributed by atoms with van der Waals surface area (Å²) in [4.78, 5) is 17.3. The van der Waals surface area contributed by atoms with E-state index in [-0.39, 0.29) is 11.5 Å². The van der Waals surface area contributed by atoms with E-state index < -0.39 is 0 Å². The third-order valence-electron chi connectivity index (χ3n) is 1.000. The average molecular weight is 148 g/mol. The van der Waals surface area contributed by atoms with Crippen molar-refractivity contribution >= 4 is 12.2 Å². The quantitative estimate of drug-likeness (QED) is 0.595. The summed E-state index contributed by atoms with van der Waals surface area (Å²) in [7, 11) is 0. The molecule has 0 aliphatic carbocycles. The number of hydrogen-bond acceptors (Lipinski definition) is 4. The summed E-state index contributed by atoms with van der Waals surface area (Å²) < 4.78 is 0. The molecule has 1 heterocycles. The summed E-state index contributed by atoms with van der Waals surface area (Å²) in [5.41, 5.74) is 0.111. The maximum atomic E-state index is 9.95. The van der Waals surface area contributed by atoms with Gasteiger partial charge in [0.05, 0.1) is 0 Å². The van der Waals surface area contributed by atoms with E-state index in [1.54, 1.807) is 6.07 Å². The van der Waals surface area contributed by atoms with Crippen LogP contribution in [0.4, 0.5) is 5.82 Å². The SMILES string of the molecule is N#Cc1nccnc1NC=O. The highest BCUT2D eigenvalue weighted by atomic mass is 16.1. The topological polar surface area (TPSA) is 78.7 Å². The van der Waals surface area contributed by atoms with Gasteiger partial charge in [0.15, 0.2) is 11.5 Å². The van der Waals surface area contributed by atoms with E-state index in [9.17, 15) is 4.79 Å². The van der Waals surface area contributed by atoms with Gasteiger partial charge in [-0.25, -0.2) is 9.97 Å². The number of aromatic nitrogens is 2. The Morgan fingerprint density at radius 2 is 2.27 bits per heavy atom. The van der Waals surface area contributed by atoms with Crippen LogP contribution in [0.1, 0.15) is 5.69 Å². The number of anilines is 1. The maximum absolute atomic E-state index is 9.95. The van der Waals surface area contributed by atoms with Gasteiger partial charge in [0.1, 0.15) is 6.07 Å². The van der Waals surface area contributed by atoms with Crippen molar-refractivity contribution in [3.8, 4) is 6.07 Å². The Morgan fingerprint density at radius 3 is 2.91 bits per heavy atom. The van der Waals surface area contributed by atoms with Crippen LogP contribution in [0.15, 0.2) is 12.4 Å². The van der Waals surface area contributed by atoms with Gasteiger partial charge in [0.2, 0.25) is 6.41 Å². The van der Waals surface area contributed by atoms with Crippen molar-refractivity contribution in [1.29, 1.82) is 5.26 Å². The molecule has 1 aromatic rings. The number of nitrogens with one attached hydrogen (secondary N) is 1. The van der Waals surface area contributed by atoms with Crippen molar-refractivity contribution in [2.75, 3.05) is 5.32 Å². The molecule has 1 aromatic heterocycles. The first-order chi connectivity index (χ1) is 5.38. The number of rotatable bonds is 2. The minimum Gasteiger partial charge on any atom is -0.311 e. The fourth-order valence-electron chi connectivity index (χ4n) is 0.581. The predicted molar refractivity (Wildman–Crippen MR) is 36.4 cm³/mol. The maximum Gasteiger partial charge on any atom is 0.212 e. The van der Waals surface area contributed by atoms with Gasteiger partial charge in [-0.3, -0.25) is 4.79 Å². The van der Waals surface area contributed by atoms with Gasteiger partial charge in [0, 0.05) is 12.4 Å². The Hall–Kier alpha value is -1.96. The largest absolute Gasteiger partial charge is 0.311 e. The van der Waals surface area contributed by atoms with Crippen molar-refractivity contribution < 1.29 is 4.79 Å². The molecule has 0 fully saturated rings. The zero-order valence-electron chi connectivity index (χ0n) is 5.48. The third kappa shape index (κ3) is 1.49. The molecule has 0 aliphatic rings. The fourth-order valence-corrected chi connectivity index (χ4v) is 0.581. The number of carbonyl (C=O) groups excluding carboxylic acids is 1. The first kappa shape index (κ1) is 7.15. The van der Waals surface area contributed by atoms with Crippen molar-refractivity contribution in [1.82, 2.24) is 9.97 Å². The van der Waals surface area contributed by atoms with Crippen molar-refractivity contribution in [2.24, 2.45) is 0 Å². The predicted octanol–water partition coefficient (Wildman–Crippen LogP) is -0.0834. The minimum absolute atomic E-state index is 0.111. The average Bonchev–Trinajstić information content (AvgIpc) is 2.06. The summed E-state index contributed by atoms with van der Waals surface area (Å²) >= 11 is 0. The summed E-state index contributed by atoms with van der Waals surface area (Å²) in [5, 5.41) is 10.7. The Morgan fingerprint density at radius 1 is 1.55 bits per heavy atom. The lowest BCUT2D eigenvalue weighted by molar-refractivity contribution is -0.105. The van der Waals surface area contributed by atoms with Crippen molar-refractivity contribution in [3.05, 3.63) is 18.1 Å². The highest BCUT2D eigenvalue weighted by Crippen LogP contribution is 2.03. The van der Waals surface area contributed by atoms with Crippen LogP contribution in [0.5, 0.6) is 0 Å². The monoisotopic (exact) mass is 148 g/mol. The van der Waals surface area contributed by atoms with Crippen molar-refractivity contribution in [3.63, 3.8) is 0 Å². The first-order valence-electron chi connectivity index (χ1n) is 2.79. The molecule has 0 radical (unpaired) electrons. The third-order valence-corrected chi connectivity index (χ3v) is 1.000. The molecular formula is C6H4N4O. The molecule has 1 rings (SSSR count). The van der Waals surface area contributed by atoms with E-state index in [4.69, 9.17) is 5.26 Å². The molecule has 0 saturated carbocycles. The van der Waals surface area contributed by atoms with Crippen LogP contribution in [-0.2, 0) is 4.79 Å².